The number of rotatable bonds is 6. The average Bonchev–Trinajstić information content (AvgIpc) is 2.84. The number of pyridine rings is 1. The number of aliphatic hydroxyl groups excluding tert-OH is 1. The number of hydrogen-bond acceptors (Lipinski definition) is 5. The van der Waals surface area contributed by atoms with E-state index in [0.29, 0.717) is 19.4 Å². The van der Waals surface area contributed by atoms with Gasteiger partial charge in [0.15, 0.2) is 0 Å². The molecule has 0 saturated carbocycles. The van der Waals surface area contributed by atoms with Gasteiger partial charge in [0.2, 0.25) is 0 Å². The molecule has 1 atom stereocenters. The highest BCUT2D eigenvalue weighted by Crippen LogP contribution is 2.23. The summed E-state index contributed by atoms with van der Waals surface area (Å²) < 4.78 is 5.76. The Morgan fingerprint density at radius 1 is 1.08 bits per heavy atom. The molecule has 2 N–H and O–H groups in total. The minimum absolute atomic E-state index is 0.150. The standard InChI is InChI=1S/C20H26N2O3/c23-16-20(24)9-3-12-22(13-10-20)14-17-5-7-19(8-6-17)25-15-18-4-1-2-11-21-18/h1-2,4-8,11,23-24H,3,9-10,12-16H2/t20-/m0/s1. The topological polar surface area (TPSA) is 65.8 Å². The lowest BCUT2D eigenvalue weighted by atomic mass is 9.96. The number of benzene rings is 1. The van der Waals surface area contributed by atoms with Crippen molar-refractivity contribution >= 4 is 0 Å². The van der Waals surface area contributed by atoms with Crippen LogP contribution in [0.3, 0.4) is 0 Å². The summed E-state index contributed by atoms with van der Waals surface area (Å²) in [5, 5.41) is 19.6. The van der Waals surface area contributed by atoms with E-state index in [2.05, 4.69) is 22.0 Å². The third kappa shape index (κ3) is 5.26. The lowest BCUT2D eigenvalue weighted by Gasteiger charge is -2.24. The summed E-state index contributed by atoms with van der Waals surface area (Å²) in [7, 11) is 0. The summed E-state index contributed by atoms with van der Waals surface area (Å²) in [4.78, 5) is 6.58. The second-order valence-electron chi connectivity index (χ2n) is 6.77. The maximum atomic E-state index is 10.2. The van der Waals surface area contributed by atoms with E-state index >= 15 is 0 Å². The predicted molar refractivity (Wildman–Crippen MR) is 96.2 cm³/mol. The van der Waals surface area contributed by atoms with Crippen molar-refractivity contribution in [3.05, 3.63) is 59.9 Å². The zero-order chi connectivity index (χ0) is 17.5. The van der Waals surface area contributed by atoms with Crippen molar-refractivity contribution in [1.29, 1.82) is 0 Å². The van der Waals surface area contributed by atoms with Crippen LogP contribution in [-0.2, 0) is 13.2 Å². The van der Waals surface area contributed by atoms with Crippen LogP contribution in [0.15, 0.2) is 48.7 Å². The van der Waals surface area contributed by atoms with Gasteiger partial charge in [0.25, 0.3) is 0 Å². The fourth-order valence-corrected chi connectivity index (χ4v) is 3.14. The highest BCUT2D eigenvalue weighted by atomic mass is 16.5. The van der Waals surface area contributed by atoms with E-state index in [9.17, 15) is 10.2 Å². The average molecular weight is 342 g/mol. The summed E-state index contributed by atoms with van der Waals surface area (Å²) in [5.74, 6) is 0.833. The van der Waals surface area contributed by atoms with Gasteiger partial charge in [-0.2, -0.15) is 0 Å². The Labute approximate surface area is 148 Å². The van der Waals surface area contributed by atoms with E-state index in [1.807, 2.05) is 30.3 Å². The Morgan fingerprint density at radius 3 is 2.64 bits per heavy atom. The first-order chi connectivity index (χ1) is 12.2. The van der Waals surface area contributed by atoms with Crippen molar-refractivity contribution in [2.24, 2.45) is 0 Å². The molecule has 0 aliphatic carbocycles. The molecule has 25 heavy (non-hydrogen) atoms. The smallest absolute Gasteiger partial charge is 0.130 e. The molecule has 134 valence electrons. The molecule has 5 heteroatoms. The van der Waals surface area contributed by atoms with Gasteiger partial charge in [-0.3, -0.25) is 9.88 Å². The first kappa shape index (κ1) is 17.9. The van der Waals surface area contributed by atoms with Crippen LogP contribution < -0.4 is 4.74 Å². The van der Waals surface area contributed by atoms with E-state index in [4.69, 9.17) is 4.74 Å². The molecule has 0 spiro atoms. The first-order valence-electron chi connectivity index (χ1n) is 8.84. The van der Waals surface area contributed by atoms with Gasteiger partial charge in [-0.25, -0.2) is 0 Å². The van der Waals surface area contributed by atoms with Crippen molar-refractivity contribution in [3.8, 4) is 5.75 Å². The van der Waals surface area contributed by atoms with Crippen LogP contribution in [-0.4, -0.2) is 45.4 Å². The molecule has 1 aromatic heterocycles. The quantitative estimate of drug-likeness (QED) is 0.844. The van der Waals surface area contributed by atoms with Gasteiger partial charge in [0, 0.05) is 19.3 Å². The molecule has 5 nitrogen and oxygen atoms in total. The van der Waals surface area contributed by atoms with Crippen LogP contribution in [0.5, 0.6) is 5.75 Å². The van der Waals surface area contributed by atoms with Crippen LogP contribution in [0.4, 0.5) is 0 Å². The van der Waals surface area contributed by atoms with Crippen molar-refractivity contribution in [3.63, 3.8) is 0 Å². The summed E-state index contributed by atoms with van der Waals surface area (Å²) >= 11 is 0. The number of hydrogen-bond donors (Lipinski definition) is 2. The molecule has 2 aromatic rings. The molecule has 0 radical (unpaired) electrons. The van der Waals surface area contributed by atoms with Crippen LogP contribution in [0, 0.1) is 0 Å². The summed E-state index contributed by atoms with van der Waals surface area (Å²) in [6.45, 7) is 2.91. The number of nitrogens with zero attached hydrogens (tertiary/aromatic N) is 2. The number of likely N-dealkylation sites (tertiary alicyclic amines) is 1. The zero-order valence-corrected chi connectivity index (χ0v) is 14.5. The van der Waals surface area contributed by atoms with Crippen LogP contribution in [0.1, 0.15) is 30.5 Å². The molecular formula is C20H26N2O3. The fraction of sp³-hybridized carbons (Fsp3) is 0.450. The number of ether oxygens (including phenoxy) is 1. The van der Waals surface area contributed by atoms with E-state index < -0.39 is 5.60 Å². The largest absolute Gasteiger partial charge is 0.487 e. The minimum atomic E-state index is -0.905. The molecule has 1 aromatic carbocycles. The van der Waals surface area contributed by atoms with E-state index in [1.54, 1.807) is 6.20 Å². The van der Waals surface area contributed by atoms with Crippen LogP contribution in [0.2, 0.25) is 0 Å². The second-order valence-corrected chi connectivity index (χ2v) is 6.77. The van der Waals surface area contributed by atoms with Gasteiger partial charge in [-0.05, 0) is 55.6 Å². The normalized spacial score (nSPS) is 21.7. The van der Waals surface area contributed by atoms with E-state index in [1.165, 1.54) is 5.56 Å². The number of aromatic nitrogens is 1. The summed E-state index contributed by atoms with van der Waals surface area (Å²) in [6, 6.07) is 13.9. The second kappa shape index (κ2) is 8.43. The highest BCUT2D eigenvalue weighted by molar-refractivity contribution is 5.27. The lowest BCUT2D eigenvalue weighted by molar-refractivity contribution is -0.0255. The molecule has 0 unspecified atom stereocenters. The predicted octanol–water partition coefficient (Wildman–Crippen LogP) is 2.37. The van der Waals surface area contributed by atoms with E-state index in [-0.39, 0.29) is 6.61 Å². The Bertz CT molecular complexity index is 648. The fourth-order valence-electron chi connectivity index (χ4n) is 3.14. The molecule has 1 aliphatic heterocycles. The van der Waals surface area contributed by atoms with E-state index in [0.717, 1.165) is 37.5 Å². The van der Waals surface area contributed by atoms with Crippen molar-refractivity contribution in [2.75, 3.05) is 19.7 Å². The van der Waals surface area contributed by atoms with Gasteiger partial charge in [-0.1, -0.05) is 18.2 Å². The Hall–Kier alpha value is -1.95. The maximum Gasteiger partial charge on any atom is 0.130 e. The summed E-state index contributed by atoms with van der Waals surface area (Å²) in [6.07, 6.45) is 3.96. The summed E-state index contributed by atoms with van der Waals surface area (Å²) in [5.41, 5.74) is 1.23. The van der Waals surface area contributed by atoms with Crippen molar-refractivity contribution in [2.45, 2.75) is 38.0 Å². The lowest BCUT2D eigenvalue weighted by Crippen LogP contribution is -2.34. The van der Waals surface area contributed by atoms with Crippen LogP contribution in [0.25, 0.3) is 0 Å². The molecule has 1 saturated heterocycles. The number of aliphatic hydroxyl groups is 2. The molecule has 3 rings (SSSR count). The molecule has 0 bridgehead atoms. The van der Waals surface area contributed by atoms with Gasteiger partial charge in [-0.15, -0.1) is 0 Å². The van der Waals surface area contributed by atoms with Crippen molar-refractivity contribution in [1.82, 2.24) is 9.88 Å². The molecular weight excluding hydrogens is 316 g/mol. The Balaban J connectivity index is 1.50. The Morgan fingerprint density at radius 2 is 1.92 bits per heavy atom. The molecule has 1 aliphatic rings. The zero-order valence-electron chi connectivity index (χ0n) is 14.5. The Kier molecular flexibility index (Phi) is 6.02. The first-order valence-corrected chi connectivity index (χ1v) is 8.84. The maximum absolute atomic E-state index is 10.2. The van der Waals surface area contributed by atoms with Gasteiger partial charge < -0.3 is 14.9 Å². The van der Waals surface area contributed by atoms with Gasteiger partial charge >= 0.3 is 0 Å². The third-order valence-electron chi connectivity index (χ3n) is 4.75. The molecule has 2 heterocycles. The molecule has 0 amide bonds. The van der Waals surface area contributed by atoms with Crippen molar-refractivity contribution < 1.29 is 14.9 Å². The monoisotopic (exact) mass is 342 g/mol. The molecule has 1 fully saturated rings. The minimum Gasteiger partial charge on any atom is -0.487 e. The SMILES string of the molecule is OC[C@]1(O)CCCN(Cc2ccc(OCc3ccccn3)cc2)CC1. The van der Waals surface area contributed by atoms with Gasteiger partial charge in [0.1, 0.15) is 12.4 Å². The van der Waals surface area contributed by atoms with Crippen LogP contribution >= 0.6 is 0 Å². The van der Waals surface area contributed by atoms with Gasteiger partial charge in [0.05, 0.1) is 17.9 Å². The highest BCUT2D eigenvalue weighted by Gasteiger charge is 2.29. The third-order valence-corrected chi connectivity index (χ3v) is 4.75.